The van der Waals surface area contributed by atoms with Gasteiger partial charge in [-0.1, -0.05) is 50.3 Å². The summed E-state index contributed by atoms with van der Waals surface area (Å²) in [7, 11) is 0. The van der Waals surface area contributed by atoms with Crippen molar-refractivity contribution in [2.24, 2.45) is 5.92 Å². The third-order valence-electron chi connectivity index (χ3n) is 4.10. The van der Waals surface area contributed by atoms with Gasteiger partial charge in [0.25, 0.3) is 0 Å². The van der Waals surface area contributed by atoms with Gasteiger partial charge in [-0.3, -0.25) is 0 Å². The molecule has 2 unspecified atom stereocenters. The number of para-hydroxylation sites is 1. The lowest BCUT2D eigenvalue weighted by atomic mass is 9.95. The Balaban J connectivity index is 1.96. The summed E-state index contributed by atoms with van der Waals surface area (Å²) in [5, 5.41) is 3.79. The molecule has 2 rings (SSSR count). The van der Waals surface area contributed by atoms with Gasteiger partial charge >= 0.3 is 0 Å². The van der Waals surface area contributed by atoms with Crippen LogP contribution in [0.4, 0.5) is 10.1 Å². The fourth-order valence-electron chi connectivity index (χ4n) is 3.06. The Morgan fingerprint density at radius 3 is 2.84 bits per heavy atom. The van der Waals surface area contributed by atoms with Crippen molar-refractivity contribution in [2.45, 2.75) is 57.9 Å². The second kappa shape index (κ2) is 7.14. The molecule has 19 heavy (non-hydrogen) atoms. The van der Waals surface area contributed by atoms with Gasteiger partial charge in [-0.05, 0) is 37.3 Å². The van der Waals surface area contributed by atoms with Crippen LogP contribution in [0.2, 0.25) is 5.02 Å². The Kier molecular flexibility index (Phi) is 5.50. The van der Waals surface area contributed by atoms with Gasteiger partial charge in [0.2, 0.25) is 0 Å². The van der Waals surface area contributed by atoms with Crippen molar-refractivity contribution in [1.82, 2.24) is 0 Å². The zero-order chi connectivity index (χ0) is 13.7. The average molecular weight is 284 g/mol. The van der Waals surface area contributed by atoms with E-state index in [1.54, 1.807) is 12.1 Å². The lowest BCUT2D eigenvalue weighted by Crippen LogP contribution is -2.19. The Bertz CT molecular complexity index is 387. The van der Waals surface area contributed by atoms with Gasteiger partial charge in [0.1, 0.15) is 5.82 Å². The van der Waals surface area contributed by atoms with Crippen molar-refractivity contribution in [3.63, 3.8) is 0 Å². The molecular formula is C16H23ClFN. The van der Waals surface area contributed by atoms with Crippen molar-refractivity contribution >= 4 is 17.3 Å². The van der Waals surface area contributed by atoms with Crippen LogP contribution in [-0.4, -0.2) is 6.04 Å². The molecule has 1 saturated carbocycles. The quantitative estimate of drug-likeness (QED) is 0.705. The maximum absolute atomic E-state index is 13.8. The minimum Gasteiger partial charge on any atom is -0.379 e. The first kappa shape index (κ1) is 14.6. The molecule has 1 fully saturated rings. The molecule has 2 atom stereocenters. The fraction of sp³-hybridized carbons (Fsp3) is 0.625. The molecule has 1 aromatic rings. The van der Waals surface area contributed by atoms with E-state index in [0.717, 1.165) is 18.8 Å². The van der Waals surface area contributed by atoms with Gasteiger partial charge in [-0.25, -0.2) is 4.39 Å². The average Bonchev–Trinajstić information content (AvgIpc) is 2.60. The molecule has 1 nitrogen and oxygen atoms in total. The largest absolute Gasteiger partial charge is 0.379 e. The molecule has 1 aromatic carbocycles. The second-order valence-corrected chi connectivity index (χ2v) is 6.01. The summed E-state index contributed by atoms with van der Waals surface area (Å²) < 4.78 is 13.8. The van der Waals surface area contributed by atoms with E-state index < -0.39 is 0 Å². The van der Waals surface area contributed by atoms with E-state index in [4.69, 9.17) is 11.6 Å². The van der Waals surface area contributed by atoms with E-state index >= 15 is 0 Å². The molecule has 0 radical (unpaired) electrons. The summed E-state index contributed by atoms with van der Waals surface area (Å²) in [6.45, 7) is 2.25. The van der Waals surface area contributed by atoms with Crippen molar-refractivity contribution in [3.8, 4) is 0 Å². The number of rotatable bonds is 4. The van der Waals surface area contributed by atoms with E-state index in [2.05, 4.69) is 12.2 Å². The number of hydrogen-bond donors (Lipinski definition) is 1. The van der Waals surface area contributed by atoms with Crippen molar-refractivity contribution in [2.75, 3.05) is 5.32 Å². The van der Waals surface area contributed by atoms with E-state index in [0.29, 0.717) is 16.8 Å². The van der Waals surface area contributed by atoms with Crippen molar-refractivity contribution < 1.29 is 4.39 Å². The molecule has 0 saturated heterocycles. The molecule has 3 heteroatoms. The Morgan fingerprint density at radius 2 is 2.11 bits per heavy atom. The van der Waals surface area contributed by atoms with Crippen molar-refractivity contribution in [1.29, 1.82) is 0 Å². The van der Waals surface area contributed by atoms with Crippen LogP contribution in [0.3, 0.4) is 0 Å². The number of nitrogens with one attached hydrogen (secondary N) is 1. The zero-order valence-corrected chi connectivity index (χ0v) is 12.3. The SMILES string of the molecule is CCCC1CCCC(Nc2c(F)cccc2Cl)CC1. The first-order chi connectivity index (χ1) is 9.20. The molecular weight excluding hydrogens is 261 g/mol. The summed E-state index contributed by atoms with van der Waals surface area (Å²) in [6.07, 6.45) is 8.62. The number of hydrogen-bond acceptors (Lipinski definition) is 1. The van der Waals surface area contributed by atoms with Gasteiger partial charge in [0.05, 0.1) is 10.7 Å². The predicted molar refractivity (Wildman–Crippen MR) is 80.3 cm³/mol. The third-order valence-corrected chi connectivity index (χ3v) is 4.41. The third kappa shape index (κ3) is 4.10. The van der Waals surface area contributed by atoms with Crippen LogP contribution in [0.1, 0.15) is 51.9 Å². The van der Waals surface area contributed by atoms with Crippen molar-refractivity contribution in [3.05, 3.63) is 29.0 Å². The summed E-state index contributed by atoms with van der Waals surface area (Å²) in [4.78, 5) is 0. The molecule has 0 spiro atoms. The highest BCUT2D eigenvalue weighted by molar-refractivity contribution is 6.33. The minimum atomic E-state index is -0.248. The minimum absolute atomic E-state index is 0.248. The van der Waals surface area contributed by atoms with E-state index in [-0.39, 0.29) is 5.82 Å². The number of halogens is 2. The monoisotopic (exact) mass is 283 g/mol. The van der Waals surface area contributed by atoms with Crippen LogP contribution >= 0.6 is 11.6 Å². The Labute approximate surface area is 120 Å². The lowest BCUT2D eigenvalue weighted by molar-refractivity contribution is 0.422. The number of anilines is 1. The number of benzene rings is 1. The van der Waals surface area contributed by atoms with Crippen LogP contribution in [0, 0.1) is 11.7 Å². The lowest BCUT2D eigenvalue weighted by Gasteiger charge is -2.19. The molecule has 0 heterocycles. The zero-order valence-electron chi connectivity index (χ0n) is 11.6. The van der Waals surface area contributed by atoms with Gasteiger partial charge in [-0.15, -0.1) is 0 Å². The second-order valence-electron chi connectivity index (χ2n) is 5.60. The van der Waals surface area contributed by atoms with Crippen LogP contribution in [0.15, 0.2) is 18.2 Å². The van der Waals surface area contributed by atoms with Crippen LogP contribution in [-0.2, 0) is 0 Å². The van der Waals surface area contributed by atoms with Crippen LogP contribution < -0.4 is 5.32 Å². The first-order valence-electron chi connectivity index (χ1n) is 7.41. The smallest absolute Gasteiger partial charge is 0.147 e. The Morgan fingerprint density at radius 1 is 1.26 bits per heavy atom. The summed E-state index contributed by atoms with van der Waals surface area (Å²) in [6, 6.07) is 5.21. The first-order valence-corrected chi connectivity index (χ1v) is 7.79. The molecule has 0 aromatic heterocycles. The highest BCUT2D eigenvalue weighted by atomic mass is 35.5. The van der Waals surface area contributed by atoms with Gasteiger partial charge < -0.3 is 5.32 Å². The molecule has 1 aliphatic rings. The van der Waals surface area contributed by atoms with E-state index in [1.165, 1.54) is 38.2 Å². The van der Waals surface area contributed by atoms with Gasteiger partial charge in [-0.2, -0.15) is 0 Å². The standard InChI is InChI=1S/C16H23ClFN/c1-2-5-12-6-3-7-13(11-10-12)19-16-14(17)8-4-9-15(16)18/h4,8-9,12-13,19H,2-3,5-7,10-11H2,1H3. The molecule has 1 aliphatic carbocycles. The molecule has 1 N–H and O–H groups in total. The maximum atomic E-state index is 13.8. The highest BCUT2D eigenvalue weighted by Crippen LogP contribution is 2.31. The van der Waals surface area contributed by atoms with E-state index in [9.17, 15) is 4.39 Å². The van der Waals surface area contributed by atoms with Gasteiger partial charge in [0, 0.05) is 6.04 Å². The molecule has 0 amide bonds. The van der Waals surface area contributed by atoms with Gasteiger partial charge in [0.15, 0.2) is 0 Å². The van der Waals surface area contributed by atoms with Crippen LogP contribution in [0.5, 0.6) is 0 Å². The fourth-order valence-corrected chi connectivity index (χ4v) is 3.28. The normalized spacial score (nSPS) is 23.9. The highest BCUT2D eigenvalue weighted by Gasteiger charge is 2.19. The molecule has 0 bridgehead atoms. The molecule has 0 aliphatic heterocycles. The summed E-state index contributed by atoms with van der Waals surface area (Å²) in [5.41, 5.74) is 0.475. The predicted octanol–water partition coefficient (Wildman–Crippen LogP) is 5.64. The summed E-state index contributed by atoms with van der Waals surface area (Å²) >= 11 is 6.07. The van der Waals surface area contributed by atoms with E-state index in [1.807, 2.05) is 0 Å². The molecule has 106 valence electrons. The topological polar surface area (TPSA) is 12.0 Å². The van der Waals surface area contributed by atoms with Crippen LogP contribution in [0.25, 0.3) is 0 Å². The summed E-state index contributed by atoms with van der Waals surface area (Å²) in [5.74, 6) is 0.606. The Hall–Kier alpha value is -0.760. The maximum Gasteiger partial charge on any atom is 0.147 e.